The summed E-state index contributed by atoms with van der Waals surface area (Å²) in [5.41, 5.74) is 1.47. The Morgan fingerprint density at radius 1 is 1.39 bits per heavy atom. The number of nitrogens with one attached hydrogen (secondary N) is 3. The highest BCUT2D eigenvalue weighted by Crippen LogP contribution is 2.20. The van der Waals surface area contributed by atoms with Crippen molar-refractivity contribution >= 4 is 28.4 Å². The van der Waals surface area contributed by atoms with Gasteiger partial charge in [-0.25, -0.2) is 0 Å². The van der Waals surface area contributed by atoms with Gasteiger partial charge in [0.25, 0.3) is 5.91 Å². The van der Waals surface area contributed by atoms with E-state index in [1.54, 1.807) is 0 Å². The van der Waals surface area contributed by atoms with Crippen LogP contribution in [-0.4, -0.2) is 30.0 Å². The molecule has 18 heavy (non-hydrogen) atoms. The average Bonchev–Trinajstić information content (AvgIpc) is 2.96. The fourth-order valence-electron chi connectivity index (χ4n) is 2.26. The summed E-state index contributed by atoms with van der Waals surface area (Å²) in [6.07, 6.45) is 0.984. The highest BCUT2D eigenvalue weighted by Gasteiger charge is 2.18. The summed E-state index contributed by atoms with van der Waals surface area (Å²) in [4.78, 5) is 15.1. The molecule has 0 aliphatic carbocycles. The van der Waals surface area contributed by atoms with Crippen molar-refractivity contribution in [3.63, 3.8) is 0 Å². The van der Waals surface area contributed by atoms with Gasteiger partial charge in [0.1, 0.15) is 5.69 Å². The van der Waals surface area contributed by atoms with Gasteiger partial charge in [-0.1, -0.05) is 17.7 Å². The normalized spacial score (nSPS) is 19.3. The number of H-pyrrole nitrogens is 1. The van der Waals surface area contributed by atoms with Crippen LogP contribution in [0, 0.1) is 0 Å². The number of amides is 1. The van der Waals surface area contributed by atoms with Crippen molar-refractivity contribution in [1.82, 2.24) is 15.6 Å². The Balaban J connectivity index is 1.82. The van der Waals surface area contributed by atoms with Crippen molar-refractivity contribution in [2.45, 2.75) is 12.5 Å². The predicted octanol–water partition coefficient (Wildman–Crippen LogP) is 1.91. The Morgan fingerprint density at radius 2 is 2.28 bits per heavy atom. The molecule has 3 rings (SSSR count). The van der Waals surface area contributed by atoms with Crippen LogP contribution in [-0.2, 0) is 0 Å². The summed E-state index contributed by atoms with van der Waals surface area (Å²) in [5.74, 6) is -0.0592. The van der Waals surface area contributed by atoms with Crippen molar-refractivity contribution in [1.29, 1.82) is 0 Å². The first-order chi connectivity index (χ1) is 8.72. The largest absolute Gasteiger partial charge is 0.350 e. The first-order valence-corrected chi connectivity index (χ1v) is 6.40. The van der Waals surface area contributed by atoms with Gasteiger partial charge >= 0.3 is 0 Å². The van der Waals surface area contributed by atoms with Crippen molar-refractivity contribution in [3.8, 4) is 0 Å². The smallest absolute Gasteiger partial charge is 0.267 e. The molecule has 1 aliphatic heterocycles. The first kappa shape index (κ1) is 11.6. The van der Waals surface area contributed by atoms with Gasteiger partial charge < -0.3 is 15.6 Å². The van der Waals surface area contributed by atoms with E-state index < -0.39 is 0 Å². The molecular weight excluding hydrogens is 250 g/mol. The number of carbonyl (C=O) groups excluding carboxylic acids is 1. The minimum Gasteiger partial charge on any atom is -0.350 e. The van der Waals surface area contributed by atoms with E-state index in [-0.39, 0.29) is 11.9 Å². The Labute approximate surface area is 110 Å². The third-order valence-electron chi connectivity index (χ3n) is 3.22. The minimum atomic E-state index is -0.0592. The second-order valence-corrected chi connectivity index (χ2v) is 5.01. The predicted molar refractivity (Wildman–Crippen MR) is 72.0 cm³/mol. The quantitative estimate of drug-likeness (QED) is 0.775. The van der Waals surface area contributed by atoms with E-state index in [0.717, 1.165) is 30.4 Å². The zero-order valence-electron chi connectivity index (χ0n) is 9.79. The first-order valence-electron chi connectivity index (χ1n) is 6.02. The molecule has 0 spiro atoms. The maximum atomic E-state index is 12.1. The number of carbonyl (C=O) groups is 1. The van der Waals surface area contributed by atoms with Crippen LogP contribution in [0.2, 0.25) is 5.02 Å². The van der Waals surface area contributed by atoms with Gasteiger partial charge in [0, 0.05) is 28.5 Å². The molecule has 0 saturated carbocycles. The van der Waals surface area contributed by atoms with E-state index in [4.69, 9.17) is 11.6 Å². The number of aromatic nitrogens is 1. The fraction of sp³-hybridized carbons (Fsp3) is 0.308. The molecule has 4 nitrogen and oxygen atoms in total. The maximum Gasteiger partial charge on any atom is 0.267 e. The Bertz CT molecular complexity index is 587. The van der Waals surface area contributed by atoms with E-state index in [9.17, 15) is 4.79 Å². The van der Waals surface area contributed by atoms with E-state index in [0.29, 0.717) is 10.7 Å². The lowest BCUT2D eigenvalue weighted by molar-refractivity contribution is 0.0936. The third-order valence-corrected chi connectivity index (χ3v) is 3.46. The van der Waals surface area contributed by atoms with Crippen molar-refractivity contribution in [2.24, 2.45) is 0 Å². The van der Waals surface area contributed by atoms with Crippen LogP contribution >= 0.6 is 11.6 Å². The zero-order chi connectivity index (χ0) is 12.5. The van der Waals surface area contributed by atoms with Crippen LogP contribution in [0.1, 0.15) is 16.9 Å². The number of hydrogen-bond acceptors (Lipinski definition) is 2. The van der Waals surface area contributed by atoms with Gasteiger partial charge in [0.05, 0.1) is 0 Å². The molecule has 1 amide bonds. The van der Waals surface area contributed by atoms with E-state index >= 15 is 0 Å². The van der Waals surface area contributed by atoms with E-state index in [1.807, 2.05) is 24.3 Å². The fourth-order valence-corrected chi connectivity index (χ4v) is 2.43. The van der Waals surface area contributed by atoms with E-state index in [1.165, 1.54) is 0 Å². The molecule has 1 fully saturated rings. The summed E-state index contributed by atoms with van der Waals surface area (Å²) < 4.78 is 0. The third kappa shape index (κ3) is 2.21. The molecule has 1 aliphatic rings. The molecule has 1 atom stereocenters. The number of hydrogen-bond donors (Lipinski definition) is 3. The lowest BCUT2D eigenvalue weighted by atomic mass is 10.2. The molecule has 1 saturated heterocycles. The van der Waals surface area contributed by atoms with Crippen LogP contribution < -0.4 is 10.6 Å². The Morgan fingerprint density at radius 3 is 3.06 bits per heavy atom. The molecule has 2 heterocycles. The highest BCUT2D eigenvalue weighted by molar-refractivity contribution is 6.31. The molecule has 3 N–H and O–H groups in total. The van der Waals surface area contributed by atoms with Crippen molar-refractivity contribution in [3.05, 3.63) is 35.0 Å². The Hall–Kier alpha value is -1.52. The molecule has 94 valence electrons. The molecule has 1 aromatic carbocycles. The topological polar surface area (TPSA) is 56.9 Å². The molecule has 2 aromatic rings. The van der Waals surface area contributed by atoms with E-state index in [2.05, 4.69) is 15.6 Å². The molecule has 5 heteroatoms. The summed E-state index contributed by atoms with van der Waals surface area (Å²) >= 11 is 5.92. The van der Waals surface area contributed by atoms with Crippen LogP contribution in [0.25, 0.3) is 10.9 Å². The SMILES string of the molecule is O=C(N[C@H]1CCNC1)c1cc2ccc(Cl)cc2[nH]1. The van der Waals surface area contributed by atoms with Crippen LogP contribution in [0.15, 0.2) is 24.3 Å². The monoisotopic (exact) mass is 263 g/mol. The number of benzene rings is 1. The summed E-state index contributed by atoms with van der Waals surface area (Å²) in [6.45, 7) is 1.81. The molecule has 0 bridgehead atoms. The second kappa shape index (κ2) is 4.63. The van der Waals surface area contributed by atoms with Crippen LogP contribution in [0.4, 0.5) is 0 Å². The van der Waals surface area contributed by atoms with Crippen LogP contribution in [0.3, 0.4) is 0 Å². The number of rotatable bonds is 2. The summed E-state index contributed by atoms with van der Waals surface area (Å²) in [5, 5.41) is 7.88. The van der Waals surface area contributed by atoms with Gasteiger partial charge in [-0.2, -0.15) is 0 Å². The molecular formula is C13H14ClN3O. The number of halogens is 1. The van der Waals surface area contributed by atoms with Gasteiger partial charge in [-0.05, 0) is 31.2 Å². The number of fused-ring (bicyclic) bond motifs is 1. The van der Waals surface area contributed by atoms with Crippen molar-refractivity contribution < 1.29 is 4.79 Å². The summed E-state index contributed by atoms with van der Waals surface area (Å²) in [6, 6.07) is 7.63. The second-order valence-electron chi connectivity index (χ2n) is 4.58. The molecule has 0 unspecified atom stereocenters. The van der Waals surface area contributed by atoms with Crippen molar-refractivity contribution in [2.75, 3.05) is 13.1 Å². The highest BCUT2D eigenvalue weighted by atomic mass is 35.5. The average molecular weight is 264 g/mol. The lowest BCUT2D eigenvalue weighted by Gasteiger charge is -2.09. The summed E-state index contributed by atoms with van der Waals surface area (Å²) in [7, 11) is 0. The Kier molecular flexibility index (Phi) is 2.97. The van der Waals surface area contributed by atoms with Gasteiger partial charge in [0.15, 0.2) is 0 Å². The molecule has 1 aromatic heterocycles. The van der Waals surface area contributed by atoms with Gasteiger partial charge in [-0.3, -0.25) is 4.79 Å². The molecule has 0 radical (unpaired) electrons. The number of aromatic amines is 1. The zero-order valence-corrected chi connectivity index (χ0v) is 10.6. The van der Waals surface area contributed by atoms with Crippen LogP contribution in [0.5, 0.6) is 0 Å². The van der Waals surface area contributed by atoms with Gasteiger partial charge in [-0.15, -0.1) is 0 Å². The maximum absolute atomic E-state index is 12.1. The minimum absolute atomic E-state index is 0.0592. The van der Waals surface area contributed by atoms with Gasteiger partial charge in [0.2, 0.25) is 0 Å². The standard InChI is InChI=1S/C13H14ClN3O/c14-9-2-1-8-5-12(17-11(8)6-9)13(18)16-10-3-4-15-7-10/h1-2,5-6,10,15,17H,3-4,7H2,(H,16,18)/t10-/m0/s1. The lowest BCUT2D eigenvalue weighted by Crippen LogP contribution is -2.36.